The number of benzene rings is 1. The van der Waals surface area contributed by atoms with E-state index in [1.807, 2.05) is 0 Å². The van der Waals surface area contributed by atoms with Gasteiger partial charge in [-0.05, 0) is 32.9 Å². The molecule has 1 aromatic carbocycles. The quantitative estimate of drug-likeness (QED) is 0.598. The van der Waals surface area contributed by atoms with Gasteiger partial charge in [0.1, 0.15) is 12.2 Å². The molecule has 1 aliphatic rings. The number of nitrogens with one attached hydrogen (secondary N) is 1. The Morgan fingerprint density at radius 1 is 1.08 bits per heavy atom. The molecule has 26 heavy (non-hydrogen) atoms. The third-order valence-electron chi connectivity index (χ3n) is 3.08. The van der Waals surface area contributed by atoms with Gasteiger partial charge in [0.15, 0.2) is 0 Å². The monoisotopic (exact) mass is 364 g/mol. The fourth-order valence-corrected chi connectivity index (χ4v) is 2.07. The van der Waals surface area contributed by atoms with Gasteiger partial charge in [-0.25, -0.2) is 9.59 Å². The molecule has 0 unspecified atom stereocenters. The Hall–Kier alpha value is -2.94. The van der Waals surface area contributed by atoms with E-state index in [1.165, 1.54) is 12.1 Å². The number of hydrogen-bond donors (Lipinski definition) is 1. The molecule has 0 fully saturated rings. The van der Waals surface area contributed by atoms with Gasteiger partial charge in [-0.2, -0.15) is 0 Å². The van der Waals surface area contributed by atoms with Gasteiger partial charge in [-0.3, -0.25) is 9.59 Å². The number of hydroxylamine groups is 2. The largest absolute Gasteiger partial charge is 0.444 e. The molecule has 0 aliphatic carbocycles. The highest BCUT2D eigenvalue weighted by atomic mass is 16.7. The molecule has 1 aliphatic heterocycles. The van der Waals surface area contributed by atoms with Crippen LogP contribution in [0.1, 0.15) is 41.5 Å². The summed E-state index contributed by atoms with van der Waals surface area (Å²) in [6.45, 7) is 4.87. The predicted molar refractivity (Wildman–Crippen MR) is 88.1 cm³/mol. The zero-order chi connectivity index (χ0) is 19.3. The zero-order valence-corrected chi connectivity index (χ0v) is 14.7. The lowest BCUT2D eigenvalue weighted by Gasteiger charge is -2.19. The SMILES string of the molecule is CC(C)(C)OC(=O)NCCOCC(=O)ON1C(=O)c2ccccc2C1=O. The Morgan fingerprint density at radius 3 is 2.19 bits per heavy atom. The normalized spacial score (nSPS) is 13.4. The van der Waals surface area contributed by atoms with Crippen LogP contribution < -0.4 is 5.32 Å². The second-order valence-electron chi connectivity index (χ2n) is 6.39. The highest BCUT2D eigenvalue weighted by Gasteiger charge is 2.38. The van der Waals surface area contributed by atoms with Gasteiger partial charge in [-0.15, -0.1) is 0 Å². The van der Waals surface area contributed by atoms with Crippen molar-refractivity contribution in [3.8, 4) is 0 Å². The minimum absolute atomic E-state index is 0.0243. The Labute approximate surface area is 150 Å². The average Bonchev–Trinajstić information content (AvgIpc) is 2.78. The second-order valence-corrected chi connectivity index (χ2v) is 6.39. The van der Waals surface area contributed by atoms with Gasteiger partial charge >= 0.3 is 12.1 Å². The van der Waals surface area contributed by atoms with Gasteiger partial charge in [0.2, 0.25) is 0 Å². The van der Waals surface area contributed by atoms with Crippen LogP contribution in [0, 0.1) is 0 Å². The summed E-state index contributed by atoms with van der Waals surface area (Å²) in [6, 6.07) is 6.16. The van der Waals surface area contributed by atoms with E-state index in [0.29, 0.717) is 5.06 Å². The maximum atomic E-state index is 12.0. The predicted octanol–water partition coefficient (Wildman–Crippen LogP) is 1.28. The molecular weight excluding hydrogens is 344 g/mol. The number of imide groups is 1. The number of amides is 3. The summed E-state index contributed by atoms with van der Waals surface area (Å²) < 4.78 is 10.1. The van der Waals surface area contributed by atoms with Crippen LogP contribution in [0.15, 0.2) is 24.3 Å². The van der Waals surface area contributed by atoms with Crippen LogP contribution in [0.5, 0.6) is 0 Å². The van der Waals surface area contributed by atoms with Crippen molar-refractivity contribution in [3.63, 3.8) is 0 Å². The van der Waals surface area contributed by atoms with Crippen molar-refractivity contribution in [2.24, 2.45) is 0 Å². The molecule has 1 aromatic rings. The molecule has 0 aromatic heterocycles. The summed E-state index contributed by atoms with van der Waals surface area (Å²) in [4.78, 5) is 52.0. The standard InChI is InChI=1S/C17H20N2O7/c1-17(2,3)25-16(23)18-8-9-24-10-13(20)26-19-14(21)11-6-4-5-7-12(11)15(19)22/h4-7H,8-10H2,1-3H3,(H,18,23). The van der Waals surface area contributed by atoms with E-state index in [0.717, 1.165) is 0 Å². The lowest BCUT2D eigenvalue weighted by atomic mass is 10.1. The second kappa shape index (κ2) is 7.96. The molecule has 0 spiro atoms. The van der Waals surface area contributed by atoms with Gasteiger partial charge in [0.05, 0.1) is 17.7 Å². The van der Waals surface area contributed by atoms with Crippen molar-refractivity contribution >= 4 is 23.9 Å². The van der Waals surface area contributed by atoms with Crippen LogP contribution >= 0.6 is 0 Å². The van der Waals surface area contributed by atoms with Crippen LogP contribution in [-0.2, 0) is 19.1 Å². The Kier molecular flexibility index (Phi) is 5.93. The first-order valence-corrected chi connectivity index (χ1v) is 7.92. The molecule has 3 amide bonds. The fourth-order valence-electron chi connectivity index (χ4n) is 2.07. The van der Waals surface area contributed by atoms with E-state index in [1.54, 1.807) is 32.9 Å². The van der Waals surface area contributed by atoms with Crippen LogP contribution in [0.3, 0.4) is 0 Å². The molecule has 9 heteroatoms. The van der Waals surface area contributed by atoms with Crippen LogP contribution in [0.2, 0.25) is 0 Å². The minimum atomic E-state index is -0.906. The minimum Gasteiger partial charge on any atom is -0.444 e. The molecule has 0 bridgehead atoms. The van der Waals surface area contributed by atoms with Gasteiger partial charge in [0.25, 0.3) is 11.8 Å². The zero-order valence-electron chi connectivity index (χ0n) is 14.7. The Morgan fingerprint density at radius 2 is 1.65 bits per heavy atom. The van der Waals surface area contributed by atoms with Crippen molar-refractivity contribution in [3.05, 3.63) is 35.4 Å². The summed E-state index contributed by atoms with van der Waals surface area (Å²) in [6.07, 6.45) is -0.602. The fraction of sp³-hybridized carbons (Fsp3) is 0.412. The van der Waals surface area contributed by atoms with Gasteiger partial charge < -0.3 is 19.6 Å². The molecular formula is C17H20N2O7. The topological polar surface area (TPSA) is 111 Å². The summed E-state index contributed by atoms with van der Waals surface area (Å²) in [7, 11) is 0. The Bertz CT molecular complexity index is 689. The lowest BCUT2D eigenvalue weighted by molar-refractivity contribution is -0.173. The average molecular weight is 364 g/mol. The summed E-state index contributed by atoms with van der Waals surface area (Å²) in [5, 5.41) is 2.87. The van der Waals surface area contributed by atoms with Crippen molar-refractivity contribution < 1.29 is 33.5 Å². The molecule has 0 radical (unpaired) electrons. The number of hydrogen-bond acceptors (Lipinski definition) is 7. The first-order chi connectivity index (χ1) is 12.2. The van der Waals surface area contributed by atoms with E-state index in [9.17, 15) is 19.2 Å². The number of carbonyl (C=O) groups excluding carboxylic acids is 4. The highest BCUT2D eigenvalue weighted by molar-refractivity contribution is 6.20. The van der Waals surface area contributed by atoms with E-state index in [-0.39, 0.29) is 24.3 Å². The third kappa shape index (κ3) is 5.03. The number of rotatable bonds is 6. The van der Waals surface area contributed by atoms with E-state index in [2.05, 4.69) is 5.32 Å². The van der Waals surface area contributed by atoms with E-state index in [4.69, 9.17) is 14.3 Å². The number of ether oxygens (including phenoxy) is 2. The van der Waals surface area contributed by atoms with E-state index >= 15 is 0 Å². The molecule has 2 rings (SSSR count). The smallest absolute Gasteiger partial charge is 0.407 e. The van der Waals surface area contributed by atoms with Crippen molar-refractivity contribution in [2.75, 3.05) is 19.8 Å². The maximum absolute atomic E-state index is 12.0. The number of alkyl carbamates (subject to hydrolysis) is 1. The van der Waals surface area contributed by atoms with Crippen molar-refractivity contribution in [1.82, 2.24) is 10.4 Å². The van der Waals surface area contributed by atoms with Crippen LogP contribution in [0.4, 0.5) is 4.79 Å². The molecule has 0 atom stereocenters. The molecule has 0 saturated carbocycles. The first kappa shape index (κ1) is 19.4. The molecule has 1 N–H and O–H groups in total. The van der Waals surface area contributed by atoms with E-state index < -0.39 is 36.1 Å². The number of fused-ring (bicyclic) bond motifs is 1. The lowest BCUT2D eigenvalue weighted by Crippen LogP contribution is -2.35. The molecule has 1 heterocycles. The number of nitrogens with zero attached hydrogens (tertiary/aromatic N) is 1. The number of carbonyl (C=O) groups is 4. The Balaban J connectivity index is 1.70. The maximum Gasteiger partial charge on any atom is 0.407 e. The first-order valence-electron chi connectivity index (χ1n) is 7.92. The summed E-state index contributed by atoms with van der Waals surface area (Å²) in [5.41, 5.74) is -0.262. The summed E-state index contributed by atoms with van der Waals surface area (Å²) >= 11 is 0. The van der Waals surface area contributed by atoms with Gasteiger partial charge in [0, 0.05) is 6.54 Å². The molecule has 9 nitrogen and oxygen atoms in total. The van der Waals surface area contributed by atoms with Crippen molar-refractivity contribution in [2.45, 2.75) is 26.4 Å². The van der Waals surface area contributed by atoms with Crippen LogP contribution in [0.25, 0.3) is 0 Å². The molecule has 0 saturated heterocycles. The van der Waals surface area contributed by atoms with Crippen molar-refractivity contribution in [1.29, 1.82) is 0 Å². The molecule has 140 valence electrons. The third-order valence-corrected chi connectivity index (χ3v) is 3.08. The van der Waals surface area contributed by atoms with Crippen LogP contribution in [-0.4, -0.2) is 54.3 Å². The summed E-state index contributed by atoms with van der Waals surface area (Å²) in [5.74, 6) is -2.31. The van der Waals surface area contributed by atoms with Gasteiger partial charge in [-0.1, -0.05) is 17.2 Å². The highest BCUT2D eigenvalue weighted by Crippen LogP contribution is 2.22.